The van der Waals surface area contributed by atoms with Crippen LogP contribution in [0.3, 0.4) is 0 Å². The summed E-state index contributed by atoms with van der Waals surface area (Å²) in [5.74, 6) is 2.12. The maximum Gasteiger partial charge on any atom is 0.188 e. The number of piperidine rings is 6. The number of hydrogen-bond acceptors (Lipinski definition) is 1. The van der Waals surface area contributed by atoms with Crippen LogP contribution >= 0.6 is 0 Å². The molecule has 0 aliphatic carbocycles. The number of quaternary nitrogens is 2. The van der Waals surface area contributed by atoms with Crippen LogP contribution in [0, 0.1) is 11.8 Å². The van der Waals surface area contributed by atoms with E-state index in [1.807, 2.05) is 0 Å². The third-order valence-electron chi connectivity index (χ3n) is 6.80. The van der Waals surface area contributed by atoms with Crippen LogP contribution in [-0.2, 0) is 4.74 Å². The van der Waals surface area contributed by atoms with Gasteiger partial charge in [0.15, 0.2) is 13.5 Å². The summed E-state index contributed by atoms with van der Waals surface area (Å²) in [6.45, 7) is 10.4. The first-order valence-electron chi connectivity index (χ1n) is 8.56. The summed E-state index contributed by atoms with van der Waals surface area (Å²) >= 11 is 0. The van der Waals surface area contributed by atoms with E-state index in [0.29, 0.717) is 0 Å². The molecule has 6 saturated heterocycles. The lowest BCUT2D eigenvalue weighted by Crippen LogP contribution is -3.00. The van der Waals surface area contributed by atoms with Gasteiger partial charge in [0, 0.05) is 0 Å². The van der Waals surface area contributed by atoms with Gasteiger partial charge in [0.2, 0.25) is 0 Å². The van der Waals surface area contributed by atoms with Gasteiger partial charge in [-0.2, -0.15) is 0 Å². The van der Waals surface area contributed by atoms with E-state index < -0.39 is 0 Å². The van der Waals surface area contributed by atoms with Gasteiger partial charge in [0.1, 0.15) is 0 Å². The van der Waals surface area contributed by atoms with E-state index in [1.54, 1.807) is 0 Å². The Balaban J connectivity index is 0.000000807. The molecule has 6 heterocycles. The lowest BCUT2D eigenvalue weighted by molar-refractivity contribution is -0.990. The number of hydrogen-bond donors (Lipinski definition) is 0. The Labute approximate surface area is 164 Å². The molecule has 0 radical (unpaired) electrons. The summed E-state index contributed by atoms with van der Waals surface area (Å²) in [6, 6.07) is 0. The molecular formula is C16H30I2N2O. The number of ether oxygens (including phenoxy) is 1. The minimum atomic E-state index is 0. The van der Waals surface area contributed by atoms with E-state index in [2.05, 4.69) is 0 Å². The van der Waals surface area contributed by atoms with Crippen molar-refractivity contribution in [1.82, 2.24) is 0 Å². The Morgan fingerprint density at radius 3 is 1.14 bits per heavy atom. The van der Waals surface area contributed by atoms with Gasteiger partial charge in [-0.05, 0) is 50.4 Å². The number of halogens is 2. The third kappa shape index (κ3) is 3.88. The average molecular weight is 520 g/mol. The molecule has 4 bridgehead atoms. The maximum atomic E-state index is 6.29. The molecule has 0 unspecified atom stereocenters. The summed E-state index contributed by atoms with van der Waals surface area (Å²) in [4.78, 5) is 0. The molecular weight excluding hydrogens is 490 g/mol. The van der Waals surface area contributed by atoms with Crippen molar-refractivity contribution >= 4 is 0 Å². The van der Waals surface area contributed by atoms with Gasteiger partial charge in [-0.1, -0.05) is 0 Å². The topological polar surface area (TPSA) is 9.23 Å². The molecule has 0 aromatic rings. The fourth-order valence-corrected chi connectivity index (χ4v) is 5.09. The molecule has 0 atom stereocenters. The smallest absolute Gasteiger partial charge is 0.188 e. The summed E-state index contributed by atoms with van der Waals surface area (Å²) in [6.07, 6.45) is 8.78. The van der Waals surface area contributed by atoms with Crippen LogP contribution in [0.1, 0.15) is 38.5 Å². The minimum absolute atomic E-state index is 0. The van der Waals surface area contributed by atoms with Crippen molar-refractivity contribution in [3.63, 3.8) is 0 Å². The third-order valence-corrected chi connectivity index (χ3v) is 6.80. The SMILES string of the molecule is C1C[N+]2(COC[N+]34CCC(CC3)CC4)CCC1CC2.[I-].[I-]. The van der Waals surface area contributed by atoms with Crippen LogP contribution in [0.4, 0.5) is 0 Å². The molecule has 21 heavy (non-hydrogen) atoms. The van der Waals surface area contributed by atoms with Crippen molar-refractivity contribution in [2.24, 2.45) is 11.8 Å². The predicted molar refractivity (Wildman–Crippen MR) is 75.2 cm³/mol. The molecule has 6 fully saturated rings. The van der Waals surface area contributed by atoms with Crippen LogP contribution in [-0.4, -0.2) is 61.7 Å². The monoisotopic (exact) mass is 520 g/mol. The molecule has 6 rings (SSSR count). The zero-order valence-electron chi connectivity index (χ0n) is 13.1. The fraction of sp³-hybridized carbons (Fsp3) is 1.00. The van der Waals surface area contributed by atoms with E-state index in [4.69, 9.17) is 4.74 Å². The maximum absolute atomic E-state index is 6.29. The Morgan fingerprint density at radius 2 is 0.857 bits per heavy atom. The number of nitrogens with zero attached hydrogens (tertiary/aromatic N) is 2. The second-order valence-electron chi connectivity index (χ2n) is 7.95. The van der Waals surface area contributed by atoms with E-state index in [-0.39, 0.29) is 48.0 Å². The molecule has 0 aromatic heterocycles. The van der Waals surface area contributed by atoms with Gasteiger partial charge in [-0.3, -0.25) is 4.74 Å². The summed E-state index contributed by atoms with van der Waals surface area (Å²) in [5, 5.41) is 0. The van der Waals surface area contributed by atoms with Crippen molar-refractivity contribution < 1.29 is 61.7 Å². The first-order chi connectivity index (χ1) is 9.28. The van der Waals surface area contributed by atoms with Crippen molar-refractivity contribution in [2.45, 2.75) is 38.5 Å². The standard InChI is InChI=1S/C16H30N2O.2HI/c1-7-17(8-2-15(1)3-9-17)13-19-14-18-10-4-16(5-11-18)6-12-18;;/h15-16H,1-14H2;2*1H/q+2;;/p-2. The Morgan fingerprint density at radius 1 is 0.571 bits per heavy atom. The zero-order valence-corrected chi connectivity index (χ0v) is 17.4. The lowest BCUT2D eigenvalue weighted by atomic mass is 9.86. The minimum Gasteiger partial charge on any atom is -1.00 e. The largest absolute Gasteiger partial charge is 1.00 e. The molecule has 0 amide bonds. The Kier molecular flexibility index (Phi) is 6.66. The quantitative estimate of drug-likeness (QED) is 0.273. The normalized spacial score (nSPS) is 44.0. The molecule has 0 N–H and O–H groups in total. The highest BCUT2D eigenvalue weighted by molar-refractivity contribution is 4.72. The van der Waals surface area contributed by atoms with Gasteiger partial charge in [0.05, 0.1) is 39.3 Å². The van der Waals surface area contributed by atoms with Crippen LogP contribution < -0.4 is 48.0 Å². The van der Waals surface area contributed by atoms with Gasteiger partial charge in [0.25, 0.3) is 0 Å². The second kappa shape index (κ2) is 7.49. The Bertz CT molecular complexity index is 278. The van der Waals surface area contributed by atoms with Gasteiger partial charge in [-0.15, -0.1) is 0 Å². The Hall–Kier alpha value is 1.34. The molecule has 0 spiro atoms. The fourth-order valence-electron chi connectivity index (χ4n) is 5.09. The van der Waals surface area contributed by atoms with Crippen LogP contribution in [0.2, 0.25) is 0 Å². The average Bonchev–Trinajstić information content (AvgIpc) is 2.50. The second-order valence-corrected chi connectivity index (χ2v) is 7.95. The van der Waals surface area contributed by atoms with Crippen molar-refractivity contribution in [2.75, 3.05) is 52.7 Å². The molecule has 3 nitrogen and oxygen atoms in total. The van der Waals surface area contributed by atoms with Crippen molar-refractivity contribution in [3.8, 4) is 0 Å². The zero-order chi connectivity index (χ0) is 12.8. The van der Waals surface area contributed by atoms with E-state index in [9.17, 15) is 0 Å². The molecule has 0 aromatic carbocycles. The molecule has 6 aliphatic heterocycles. The summed E-state index contributed by atoms with van der Waals surface area (Å²) in [5.41, 5.74) is 0. The highest BCUT2D eigenvalue weighted by atomic mass is 127. The van der Waals surface area contributed by atoms with E-state index in [1.165, 1.54) is 86.8 Å². The lowest BCUT2D eigenvalue weighted by Gasteiger charge is -2.51. The molecule has 124 valence electrons. The van der Waals surface area contributed by atoms with E-state index >= 15 is 0 Å². The number of rotatable bonds is 4. The molecule has 0 saturated carbocycles. The summed E-state index contributed by atoms with van der Waals surface area (Å²) < 4.78 is 8.88. The number of fused-ring (bicyclic) bond motifs is 6. The van der Waals surface area contributed by atoms with Gasteiger partial charge in [-0.25, -0.2) is 0 Å². The summed E-state index contributed by atoms with van der Waals surface area (Å²) in [7, 11) is 0. The van der Waals surface area contributed by atoms with Gasteiger partial charge >= 0.3 is 0 Å². The van der Waals surface area contributed by atoms with Crippen LogP contribution in [0.25, 0.3) is 0 Å². The first-order valence-corrected chi connectivity index (χ1v) is 8.56. The molecule has 5 heteroatoms. The van der Waals surface area contributed by atoms with Gasteiger partial charge < -0.3 is 56.9 Å². The molecule has 6 aliphatic rings. The first kappa shape index (κ1) is 18.7. The van der Waals surface area contributed by atoms with Crippen molar-refractivity contribution in [1.29, 1.82) is 0 Å². The van der Waals surface area contributed by atoms with Crippen LogP contribution in [0.15, 0.2) is 0 Å². The predicted octanol–water partition coefficient (Wildman–Crippen LogP) is -3.81. The van der Waals surface area contributed by atoms with Crippen molar-refractivity contribution in [3.05, 3.63) is 0 Å². The van der Waals surface area contributed by atoms with E-state index in [0.717, 1.165) is 25.3 Å². The highest BCUT2D eigenvalue weighted by Crippen LogP contribution is 2.35. The van der Waals surface area contributed by atoms with Crippen LogP contribution in [0.5, 0.6) is 0 Å². The highest BCUT2D eigenvalue weighted by Gasteiger charge is 2.42.